The summed E-state index contributed by atoms with van der Waals surface area (Å²) in [5, 5.41) is 41.0. The van der Waals surface area contributed by atoms with Crippen LogP contribution in [0.4, 0.5) is 0 Å². The van der Waals surface area contributed by atoms with Gasteiger partial charge in [-0.2, -0.15) is 0 Å². The molecule has 0 radical (unpaired) electrons. The number of benzene rings is 6. The van der Waals surface area contributed by atoms with Gasteiger partial charge in [-0.3, -0.25) is 0 Å². The van der Waals surface area contributed by atoms with E-state index in [1.165, 1.54) is 36.4 Å². The number of nitrogens with zero attached hydrogens (tertiary/aromatic N) is 4. The summed E-state index contributed by atoms with van der Waals surface area (Å²) >= 11 is 0. The lowest BCUT2D eigenvalue weighted by atomic mass is 9.78. The van der Waals surface area contributed by atoms with E-state index in [0.29, 0.717) is 26.2 Å². The molecule has 0 fully saturated rings. The monoisotopic (exact) mass is 1290 g/mol. The van der Waals surface area contributed by atoms with Crippen molar-refractivity contribution in [1.82, 2.24) is 0 Å². The van der Waals surface area contributed by atoms with Crippen LogP contribution in [0.5, 0.6) is 46.0 Å². The normalized spacial score (nSPS) is 16.3. The molecule has 0 spiro atoms. The third-order valence-electron chi connectivity index (χ3n) is 18.0. The molecule has 0 saturated carbocycles. The molecule has 4 aliphatic heterocycles. The Morgan fingerprint density at radius 3 is 0.635 bits per heavy atom. The lowest BCUT2D eigenvalue weighted by Gasteiger charge is -2.35. The van der Waals surface area contributed by atoms with Gasteiger partial charge in [0.2, 0.25) is 27.2 Å². The Bertz CT molecular complexity index is 3950. The zero-order valence-electron chi connectivity index (χ0n) is 52.8. The molecule has 4 aromatic heterocycles. The summed E-state index contributed by atoms with van der Waals surface area (Å²) in [6.07, 6.45) is 16.6. The summed E-state index contributed by atoms with van der Waals surface area (Å²) in [4.78, 5) is 41.0. The lowest BCUT2D eigenvalue weighted by Crippen LogP contribution is -2.36. The molecule has 20 nitrogen and oxygen atoms in total. The molecular formula is C76H64N4O16. The minimum absolute atomic E-state index is 0.0375. The number of ether oxygens (including phenoxy) is 8. The van der Waals surface area contributed by atoms with Crippen molar-refractivity contribution in [2.75, 3.05) is 27.2 Å². The van der Waals surface area contributed by atoms with E-state index in [9.17, 15) is 39.6 Å². The minimum atomic E-state index is -1.40. The Balaban J connectivity index is 0.000000292. The van der Waals surface area contributed by atoms with Crippen LogP contribution in [0.3, 0.4) is 0 Å². The van der Waals surface area contributed by atoms with Crippen molar-refractivity contribution in [3.63, 3.8) is 0 Å². The summed E-state index contributed by atoms with van der Waals surface area (Å²) in [6.45, 7) is 10.9. The lowest BCUT2D eigenvalue weighted by molar-refractivity contribution is -0.688. The molecule has 0 atom stereocenters. The summed E-state index contributed by atoms with van der Waals surface area (Å²) in [5.41, 5.74) is 11.4. The van der Waals surface area contributed by atoms with Crippen LogP contribution in [0.1, 0.15) is 160 Å². The van der Waals surface area contributed by atoms with Crippen LogP contribution >= 0.6 is 0 Å². The van der Waals surface area contributed by atoms with E-state index >= 15 is 0 Å². The first-order chi connectivity index (χ1) is 46.6. The molecule has 15 rings (SSSR count). The van der Waals surface area contributed by atoms with Crippen molar-refractivity contribution in [2.24, 2.45) is 0 Å². The zero-order chi connectivity index (χ0) is 66.7. The Hall–Kier alpha value is -11.8. The number of aromatic carboxylic acids is 4. The molecule has 10 aromatic rings. The number of hydrogen-bond acceptors (Lipinski definition) is 16. The van der Waals surface area contributed by atoms with Crippen LogP contribution in [0, 0.1) is 0 Å². The Morgan fingerprint density at radius 2 is 0.469 bits per heavy atom. The van der Waals surface area contributed by atoms with Crippen molar-refractivity contribution in [3.8, 4) is 46.0 Å². The zero-order valence-corrected chi connectivity index (χ0v) is 52.8. The molecule has 0 saturated heterocycles. The number of carboxylic acid groups (broad SMARTS) is 4. The van der Waals surface area contributed by atoms with Gasteiger partial charge < -0.3 is 77.5 Å². The van der Waals surface area contributed by atoms with Gasteiger partial charge in [-0.25, -0.2) is 18.3 Å². The van der Waals surface area contributed by atoms with Crippen LogP contribution in [-0.2, 0) is 26.2 Å². The van der Waals surface area contributed by atoms with Gasteiger partial charge in [-0.1, -0.05) is 88.4 Å². The van der Waals surface area contributed by atoms with E-state index in [-0.39, 0.29) is 73.1 Å². The summed E-state index contributed by atoms with van der Waals surface area (Å²) in [6, 6.07) is 43.4. The van der Waals surface area contributed by atoms with Gasteiger partial charge in [0.1, 0.15) is 68.2 Å². The van der Waals surface area contributed by atoms with Crippen molar-refractivity contribution < 1.29 is 95.8 Å². The second kappa shape index (κ2) is 27.0. The SMILES string of the molecule is CC1c2cc3c4c(C[n+]5ccccc5)c2OCOc2c1cc1c(c2C[n+]2ccccc2)OCOc2c(cc5c(c2C[n+]2ccccc2)OCOc2c(cc(c(c2C[n+]2ccccc2)OCO4)C3C)C5C)C1C.O=C([O-])c1cccc(C(=O)[O-])c1.O=C([O-])c1cccc(C(=O)[O-])c1. The highest BCUT2D eigenvalue weighted by molar-refractivity contribution is 5.92. The van der Waals surface area contributed by atoms with Gasteiger partial charge in [0, 0.05) is 117 Å². The highest BCUT2D eigenvalue weighted by Gasteiger charge is 2.41. The molecule has 6 aromatic carbocycles. The fraction of sp³-hybridized carbons (Fsp3) is 0.211. The quantitative estimate of drug-likeness (QED) is 0.133. The first-order valence-electron chi connectivity index (χ1n) is 31.2. The Labute approximate surface area is 552 Å². The second-order valence-electron chi connectivity index (χ2n) is 23.8. The Kier molecular flexibility index (Phi) is 17.7. The van der Waals surface area contributed by atoms with E-state index in [0.717, 1.165) is 125 Å². The number of carboxylic acids is 4. The Morgan fingerprint density at radius 1 is 0.292 bits per heavy atom. The first-order valence-corrected chi connectivity index (χ1v) is 31.2. The number of hydrogen-bond donors (Lipinski definition) is 0. The van der Waals surface area contributed by atoms with Crippen LogP contribution in [-0.4, -0.2) is 51.0 Å². The van der Waals surface area contributed by atoms with E-state index in [1.807, 2.05) is 72.8 Å². The molecule has 8 heterocycles. The van der Waals surface area contributed by atoms with Gasteiger partial charge in [-0.15, -0.1) is 0 Å². The number of pyridine rings is 4. The fourth-order valence-corrected chi connectivity index (χ4v) is 13.2. The van der Waals surface area contributed by atoms with Gasteiger partial charge in [0.25, 0.3) is 0 Å². The van der Waals surface area contributed by atoms with Gasteiger partial charge in [0.05, 0.1) is 23.9 Å². The predicted molar refractivity (Wildman–Crippen MR) is 333 cm³/mol. The maximum Gasteiger partial charge on any atom is 0.230 e. The van der Waals surface area contributed by atoms with Crippen molar-refractivity contribution in [1.29, 1.82) is 0 Å². The molecule has 0 N–H and O–H groups in total. The van der Waals surface area contributed by atoms with Crippen LogP contribution in [0.15, 0.2) is 195 Å². The molecule has 0 unspecified atom stereocenters. The maximum absolute atomic E-state index is 10.3. The molecule has 0 amide bonds. The molecule has 20 heteroatoms. The molecule has 1 aliphatic carbocycles. The third-order valence-corrected chi connectivity index (χ3v) is 18.0. The topological polar surface area (TPSA) is 250 Å². The fourth-order valence-electron chi connectivity index (χ4n) is 13.2. The summed E-state index contributed by atoms with van der Waals surface area (Å²) < 4.78 is 64.2. The molecule has 484 valence electrons. The number of rotatable bonds is 12. The van der Waals surface area contributed by atoms with Gasteiger partial charge in [0.15, 0.2) is 75.8 Å². The standard InChI is InChI=1S/C60H56N4O8.2C8H6O4/c1-37-41-25-43-38(2)45-27-47-40(4)48-28-46-39(3)44-26-42(37)54-50(30-62-19-11-6-12-20-62)56(44)68-35-70-58(46)52(32-64-23-15-8-16-24-64)60(48)72-36-71-59(47)51(31-63-21-13-7-14-22-63)57(45)69-34-67-55(43)49(53(41)65-33-66-54)29-61-17-9-5-10-18-61;2*9-7(10)5-2-1-3-6(4-5)8(11)12/h5-28,37-40H,29-36H2,1-4H3;2*1-4H,(H,9,10)(H,11,12)/q+4;;/p-4. The van der Waals surface area contributed by atoms with E-state index < -0.39 is 23.9 Å². The highest BCUT2D eigenvalue weighted by atomic mass is 16.7. The van der Waals surface area contributed by atoms with Gasteiger partial charge >= 0.3 is 0 Å². The van der Waals surface area contributed by atoms with E-state index in [4.69, 9.17) is 37.9 Å². The smallest absolute Gasteiger partial charge is 0.230 e. The average molecular weight is 1290 g/mol. The minimum Gasteiger partial charge on any atom is -0.545 e. The van der Waals surface area contributed by atoms with Crippen molar-refractivity contribution in [3.05, 3.63) is 284 Å². The maximum atomic E-state index is 10.3. The summed E-state index contributed by atoms with van der Waals surface area (Å²) in [5.74, 6) is -0.513. The van der Waals surface area contributed by atoms with Gasteiger partial charge in [-0.05, 0) is 58.7 Å². The molecule has 5 aliphatic rings. The van der Waals surface area contributed by atoms with Crippen molar-refractivity contribution in [2.45, 2.75) is 77.5 Å². The van der Waals surface area contributed by atoms with Crippen molar-refractivity contribution >= 4 is 23.9 Å². The van der Waals surface area contributed by atoms with Crippen LogP contribution in [0.2, 0.25) is 0 Å². The number of aromatic nitrogens is 4. The molecule has 8 bridgehead atoms. The van der Waals surface area contributed by atoms with Crippen LogP contribution in [0.25, 0.3) is 0 Å². The van der Waals surface area contributed by atoms with E-state index in [1.54, 1.807) is 0 Å². The molecular weight excluding hydrogens is 1220 g/mol. The van der Waals surface area contributed by atoms with E-state index in [2.05, 4.69) is 120 Å². The number of carbonyl (C=O) groups excluding carboxylic acids is 4. The highest BCUT2D eigenvalue weighted by Crippen LogP contribution is 2.56. The summed E-state index contributed by atoms with van der Waals surface area (Å²) in [7, 11) is 0. The molecule has 96 heavy (non-hydrogen) atoms. The largest absolute Gasteiger partial charge is 0.545 e. The predicted octanol–water partition coefficient (Wildman–Crippen LogP) is 5.69. The second-order valence-corrected chi connectivity index (χ2v) is 23.8. The number of carbonyl (C=O) groups is 4. The third kappa shape index (κ3) is 12.5. The first kappa shape index (κ1) is 63.0. The average Bonchev–Trinajstić information content (AvgIpc) is 0.730. The van der Waals surface area contributed by atoms with Crippen LogP contribution < -0.4 is 76.6 Å².